The van der Waals surface area contributed by atoms with E-state index in [9.17, 15) is 9.90 Å². The summed E-state index contributed by atoms with van der Waals surface area (Å²) < 4.78 is 1.75. The van der Waals surface area contributed by atoms with Crippen LogP contribution in [0.25, 0.3) is 17.0 Å². The number of imidazole rings is 1. The number of fused-ring (bicyclic) bond motifs is 1. The summed E-state index contributed by atoms with van der Waals surface area (Å²) in [4.78, 5) is 19.7. The number of rotatable bonds is 2. The molecule has 0 amide bonds. The second-order valence-electron chi connectivity index (χ2n) is 4.26. The molecule has 0 atom stereocenters. The summed E-state index contributed by atoms with van der Waals surface area (Å²) in [6.45, 7) is 1.92. The van der Waals surface area contributed by atoms with Gasteiger partial charge >= 0.3 is 5.97 Å². The molecule has 5 heteroatoms. The molecular weight excluding hydrogens is 242 g/mol. The van der Waals surface area contributed by atoms with E-state index in [0.717, 1.165) is 5.56 Å². The Morgan fingerprint density at radius 3 is 2.84 bits per heavy atom. The fourth-order valence-electron chi connectivity index (χ4n) is 2.02. The van der Waals surface area contributed by atoms with Crippen molar-refractivity contribution in [3.8, 4) is 11.5 Å². The second-order valence-corrected chi connectivity index (χ2v) is 4.26. The highest BCUT2D eigenvalue weighted by Gasteiger charge is 2.18. The molecule has 0 radical (unpaired) electrons. The molecule has 0 aliphatic carbocycles. The highest BCUT2D eigenvalue weighted by molar-refractivity contribution is 5.95. The Morgan fingerprint density at radius 1 is 1.32 bits per heavy atom. The van der Waals surface area contributed by atoms with Crippen LogP contribution in [0, 0.1) is 6.92 Å². The zero-order valence-electron chi connectivity index (χ0n) is 10.2. The van der Waals surface area contributed by atoms with Crippen LogP contribution in [-0.4, -0.2) is 25.4 Å². The molecular formula is C14H11N3O2. The minimum atomic E-state index is -1.04. The van der Waals surface area contributed by atoms with Gasteiger partial charge in [0.1, 0.15) is 5.69 Å². The van der Waals surface area contributed by atoms with E-state index >= 15 is 0 Å². The van der Waals surface area contributed by atoms with Crippen molar-refractivity contribution in [3.05, 3.63) is 54.0 Å². The third-order valence-electron chi connectivity index (χ3n) is 2.90. The Labute approximate surface area is 109 Å². The van der Waals surface area contributed by atoms with E-state index in [-0.39, 0.29) is 5.69 Å². The number of carboxylic acid groups (broad SMARTS) is 1. The maximum Gasteiger partial charge on any atom is 0.356 e. The first-order valence-electron chi connectivity index (χ1n) is 5.80. The average Bonchev–Trinajstić information content (AvgIpc) is 2.78. The summed E-state index contributed by atoms with van der Waals surface area (Å²) >= 11 is 0. The van der Waals surface area contributed by atoms with Crippen LogP contribution >= 0.6 is 0 Å². The van der Waals surface area contributed by atoms with E-state index in [0.29, 0.717) is 17.0 Å². The van der Waals surface area contributed by atoms with Crippen molar-refractivity contribution in [1.82, 2.24) is 14.4 Å². The van der Waals surface area contributed by atoms with Gasteiger partial charge in [-0.1, -0.05) is 6.07 Å². The molecule has 3 rings (SSSR count). The van der Waals surface area contributed by atoms with Crippen molar-refractivity contribution >= 4 is 11.5 Å². The number of hydrogen-bond donors (Lipinski definition) is 1. The van der Waals surface area contributed by atoms with Gasteiger partial charge in [0, 0.05) is 12.4 Å². The number of pyridine rings is 2. The minimum absolute atomic E-state index is 0.0457. The fourth-order valence-corrected chi connectivity index (χ4v) is 2.02. The first-order chi connectivity index (χ1) is 9.16. The Morgan fingerprint density at radius 2 is 2.16 bits per heavy atom. The van der Waals surface area contributed by atoms with Gasteiger partial charge in [0.15, 0.2) is 11.5 Å². The summed E-state index contributed by atoms with van der Waals surface area (Å²) in [6.07, 6.45) is 3.47. The molecule has 3 aromatic heterocycles. The lowest BCUT2D eigenvalue weighted by Crippen LogP contribution is -1.97. The number of aryl methyl sites for hydroxylation is 1. The predicted octanol–water partition coefficient (Wildman–Crippen LogP) is 2.40. The predicted molar refractivity (Wildman–Crippen MR) is 70.1 cm³/mol. The Hall–Kier alpha value is -2.69. The largest absolute Gasteiger partial charge is 0.476 e. The van der Waals surface area contributed by atoms with Crippen LogP contribution < -0.4 is 0 Å². The van der Waals surface area contributed by atoms with Gasteiger partial charge < -0.3 is 5.11 Å². The normalized spacial score (nSPS) is 10.8. The summed E-state index contributed by atoms with van der Waals surface area (Å²) in [5, 5.41) is 9.24. The molecule has 3 heterocycles. The van der Waals surface area contributed by atoms with Crippen LogP contribution in [-0.2, 0) is 0 Å². The lowest BCUT2D eigenvalue weighted by molar-refractivity contribution is 0.0693. The molecule has 0 spiro atoms. The Balaban J connectivity index is 2.35. The molecule has 0 aliphatic rings. The van der Waals surface area contributed by atoms with Gasteiger partial charge in [0.25, 0.3) is 0 Å². The third-order valence-corrected chi connectivity index (χ3v) is 2.90. The maximum absolute atomic E-state index is 11.3. The average molecular weight is 253 g/mol. The first kappa shape index (κ1) is 11.4. The van der Waals surface area contributed by atoms with Gasteiger partial charge in [-0.15, -0.1) is 0 Å². The van der Waals surface area contributed by atoms with Crippen molar-refractivity contribution in [1.29, 1.82) is 0 Å². The zero-order chi connectivity index (χ0) is 13.4. The summed E-state index contributed by atoms with van der Waals surface area (Å²) in [5.41, 5.74) is 2.26. The molecule has 3 aromatic rings. The van der Waals surface area contributed by atoms with Crippen LogP contribution in [0.4, 0.5) is 0 Å². The van der Waals surface area contributed by atoms with Crippen LogP contribution in [0.5, 0.6) is 0 Å². The number of hydrogen-bond acceptors (Lipinski definition) is 3. The van der Waals surface area contributed by atoms with Gasteiger partial charge in [-0.05, 0) is 36.8 Å². The molecule has 0 aromatic carbocycles. The number of aromatic carboxylic acids is 1. The SMILES string of the molecule is Cc1ccn2c(-c3ccccn3)nc(C(=O)O)c2c1. The minimum Gasteiger partial charge on any atom is -0.476 e. The summed E-state index contributed by atoms with van der Waals surface area (Å²) in [7, 11) is 0. The van der Waals surface area contributed by atoms with E-state index in [1.165, 1.54) is 0 Å². The molecule has 5 nitrogen and oxygen atoms in total. The van der Waals surface area contributed by atoms with Crippen LogP contribution in [0.1, 0.15) is 16.1 Å². The van der Waals surface area contributed by atoms with Gasteiger partial charge in [0.05, 0.1) is 5.52 Å². The third kappa shape index (κ3) is 1.85. The maximum atomic E-state index is 11.3. The lowest BCUT2D eigenvalue weighted by atomic mass is 10.2. The highest BCUT2D eigenvalue weighted by atomic mass is 16.4. The van der Waals surface area contributed by atoms with Gasteiger partial charge in [0.2, 0.25) is 0 Å². The molecule has 19 heavy (non-hydrogen) atoms. The van der Waals surface area contributed by atoms with E-state index in [2.05, 4.69) is 9.97 Å². The van der Waals surface area contributed by atoms with Crippen LogP contribution in [0.2, 0.25) is 0 Å². The quantitative estimate of drug-likeness (QED) is 0.761. The number of aromatic nitrogens is 3. The second kappa shape index (κ2) is 4.20. The van der Waals surface area contributed by atoms with Gasteiger partial charge in [-0.2, -0.15) is 0 Å². The summed E-state index contributed by atoms with van der Waals surface area (Å²) in [6, 6.07) is 9.18. The molecule has 94 valence electrons. The first-order valence-corrected chi connectivity index (χ1v) is 5.80. The van der Waals surface area contributed by atoms with E-state index < -0.39 is 5.97 Å². The Kier molecular flexibility index (Phi) is 2.52. The molecule has 0 saturated heterocycles. The molecule has 1 N–H and O–H groups in total. The zero-order valence-corrected chi connectivity index (χ0v) is 10.2. The van der Waals surface area contributed by atoms with Crippen molar-refractivity contribution in [2.45, 2.75) is 6.92 Å². The molecule has 0 aliphatic heterocycles. The highest BCUT2D eigenvalue weighted by Crippen LogP contribution is 2.21. The number of nitrogens with zero attached hydrogens (tertiary/aromatic N) is 3. The van der Waals surface area contributed by atoms with Gasteiger partial charge in [-0.25, -0.2) is 9.78 Å². The van der Waals surface area contributed by atoms with Crippen LogP contribution in [0.3, 0.4) is 0 Å². The Bertz CT molecular complexity index is 763. The van der Waals surface area contributed by atoms with Crippen LogP contribution in [0.15, 0.2) is 42.7 Å². The molecule has 0 unspecified atom stereocenters. The van der Waals surface area contributed by atoms with E-state index in [4.69, 9.17) is 0 Å². The summed E-state index contributed by atoms with van der Waals surface area (Å²) in [5.74, 6) is -0.502. The van der Waals surface area contributed by atoms with Crippen molar-refractivity contribution < 1.29 is 9.90 Å². The number of carbonyl (C=O) groups is 1. The van der Waals surface area contributed by atoms with Gasteiger partial charge in [-0.3, -0.25) is 9.38 Å². The molecule has 0 bridgehead atoms. The standard InChI is InChI=1S/C14H11N3O2/c1-9-5-7-17-11(8-9)12(14(18)19)16-13(17)10-4-2-3-6-15-10/h2-8H,1H3,(H,18,19). The van der Waals surface area contributed by atoms with Crippen molar-refractivity contribution in [3.63, 3.8) is 0 Å². The topological polar surface area (TPSA) is 67.5 Å². The van der Waals surface area contributed by atoms with E-state index in [1.807, 2.05) is 37.4 Å². The monoisotopic (exact) mass is 253 g/mol. The van der Waals surface area contributed by atoms with Crippen molar-refractivity contribution in [2.24, 2.45) is 0 Å². The van der Waals surface area contributed by atoms with E-state index in [1.54, 1.807) is 16.7 Å². The molecule has 0 saturated carbocycles. The van der Waals surface area contributed by atoms with Crippen molar-refractivity contribution in [2.75, 3.05) is 0 Å². The fraction of sp³-hybridized carbons (Fsp3) is 0.0714. The smallest absolute Gasteiger partial charge is 0.356 e. The molecule has 0 fully saturated rings. The number of carboxylic acids is 1. The lowest BCUT2D eigenvalue weighted by Gasteiger charge is -2.00.